The monoisotopic (exact) mass is 634 g/mol. The molecule has 244 valence electrons. The molecule has 2 aliphatic heterocycles. The van der Waals surface area contributed by atoms with Gasteiger partial charge in [-0.3, -0.25) is 14.5 Å². The van der Waals surface area contributed by atoms with Crippen LogP contribution in [0.4, 0.5) is 5.69 Å². The first-order valence-electron chi connectivity index (χ1n) is 16.7. The molecule has 2 bridgehead atoms. The van der Waals surface area contributed by atoms with Crippen molar-refractivity contribution in [1.29, 1.82) is 0 Å². The topological polar surface area (TPSA) is 135 Å². The molecule has 3 fully saturated rings. The number of imidazole rings is 1. The highest BCUT2D eigenvalue weighted by Crippen LogP contribution is 2.40. The van der Waals surface area contributed by atoms with Crippen molar-refractivity contribution in [3.63, 3.8) is 0 Å². The molecular formula is C36H42N8O3. The molecule has 2 saturated heterocycles. The highest BCUT2D eigenvalue weighted by molar-refractivity contribution is 5.96. The number of anilines is 1. The van der Waals surface area contributed by atoms with Gasteiger partial charge in [-0.2, -0.15) is 0 Å². The lowest BCUT2D eigenvalue weighted by molar-refractivity contribution is 0.0726. The minimum absolute atomic E-state index is 0.000143. The summed E-state index contributed by atoms with van der Waals surface area (Å²) >= 11 is 0. The molecule has 5 N–H and O–H groups in total. The predicted octanol–water partition coefficient (Wildman–Crippen LogP) is 4.82. The van der Waals surface area contributed by atoms with Crippen molar-refractivity contribution < 1.29 is 14.6 Å². The summed E-state index contributed by atoms with van der Waals surface area (Å²) < 4.78 is 10.1. The number of carbonyl (C=O) groups excluding carboxylic acids is 1. The van der Waals surface area contributed by atoms with Crippen LogP contribution in [0.15, 0.2) is 60.7 Å². The quantitative estimate of drug-likeness (QED) is 0.161. The Labute approximate surface area is 273 Å². The van der Waals surface area contributed by atoms with Gasteiger partial charge in [-0.15, -0.1) is 0 Å². The number of hydrogen-bond acceptors (Lipinski definition) is 8. The lowest BCUT2D eigenvalue weighted by Crippen LogP contribution is -2.40. The Balaban J connectivity index is 1.14. The van der Waals surface area contributed by atoms with Crippen molar-refractivity contribution in [3.05, 3.63) is 77.6 Å². The van der Waals surface area contributed by atoms with E-state index in [4.69, 9.17) is 20.4 Å². The highest BCUT2D eigenvalue weighted by Gasteiger charge is 2.47. The number of rotatable bonds is 10. The molecule has 4 aromatic heterocycles. The first-order valence-corrected chi connectivity index (χ1v) is 16.7. The second kappa shape index (κ2) is 11.7. The zero-order chi connectivity index (χ0) is 32.4. The van der Waals surface area contributed by atoms with Gasteiger partial charge < -0.3 is 30.4 Å². The zero-order valence-corrected chi connectivity index (χ0v) is 27.1. The fourth-order valence-electron chi connectivity index (χ4n) is 7.67. The molecule has 8 rings (SSSR count). The van der Waals surface area contributed by atoms with Gasteiger partial charge in [0.05, 0.1) is 30.2 Å². The summed E-state index contributed by atoms with van der Waals surface area (Å²) in [6.07, 6.45) is 4.29. The van der Waals surface area contributed by atoms with Crippen LogP contribution < -0.4 is 21.1 Å². The molecular weight excluding hydrogens is 592 g/mol. The van der Waals surface area contributed by atoms with Gasteiger partial charge in [-0.05, 0) is 88.3 Å². The van der Waals surface area contributed by atoms with Gasteiger partial charge in [0.2, 0.25) is 0 Å². The van der Waals surface area contributed by atoms with E-state index in [0.29, 0.717) is 23.0 Å². The van der Waals surface area contributed by atoms with Crippen LogP contribution in [-0.4, -0.2) is 66.4 Å². The van der Waals surface area contributed by atoms with E-state index >= 15 is 0 Å². The number of methoxy groups -OCH3 is 1. The molecule has 6 heterocycles. The standard InChI is InChI=1S/C36H42N8O3/c1-20(38-36(46)39-25-7-5-4-6-8-25)28-13-11-23-15-30(42(34(23)40-28)19-22-9-10-22)33-21(2)43-31(41-33)16-24(17-32(43)47-3)35(45)44-26-12-14-29(44)27(37)18-26/h4-8,11,13,15-17,20,22,26-27,29,36,38-39,46H,9-10,12,14,18-19,37H2,1-3H3/t20-,26+,27-,29-,36?/m1/s1. The van der Waals surface area contributed by atoms with Crippen LogP contribution in [0, 0.1) is 12.8 Å². The van der Waals surface area contributed by atoms with Gasteiger partial charge in [0, 0.05) is 47.4 Å². The first-order chi connectivity index (χ1) is 22.8. The number of pyridine rings is 2. The molecule has 1 saturated carbocycles. The summed E-state index contributed by atoms with van der Waals surface area (Å²) in [7, 11) is 1.63. The molecule has 1 unspecified atom stereocenters. The van der Waals surface area contributed by atoms with E-state index < -0.39 is 6.35 Å². The number of aromatic nitrogens is 4. The summed E-state index contributed by atoms with van der Waals surface area (Å²) in [5, 5.41) is 18.0. The van der Waals surface area contributed by atoms with E-state index in [9.17, 15) is 9.90 Å². The number of carbonyl (C=O) groups is 1. The van der Waals surface area contributed by atoms with E-state index in [-0.39, 0.29) is 30.1 Å². The van der Waals surface area contributed by atoms with E-state index in [1.165, 1.54) is 12.8 Å². The summed E-state index contributed by atoms with van der Waals surface area (Å²) in [4.78, 5) is 26.1. The van der Waals surface area contributed by atoms with Crippen molar-refractivity contribution >= 4 is 28.3 Å². The number of fused-ring (bicyclic) bond motifs is 4. The SMILES string of the molecule is COc1cc(C(=O)N2[C@H]3CC[C@@H]2[C@H](N)C3)cc2nc(-c3cc4ccc([C@@H](C)NC(O)Nc5ccccc5)nc4n3CC3CC3)c(C)n12. The Morgan fingerprint density at radius 3 is 2.60 bits per heavy atom. The van der Waals surface area contributed by atoms with Crippen molar-refractivity contribution in [1.82, 2.24) is 29.2 Å². The molecule has 0 spiro atoms. The number of aryl methyl sites for hydroxylation is 1. The zero-order valence-electron chi connectivity index (χ0n) is 27.1. The van der Waals surface area contributed by atoms with Crippen LogP contribution >= 0.6 is 0 Å². The fourth-order valence-corrected chi connectivity index (χ4v) is 7.67. The Kier molecular flexibility index (Phi) is 7.42. The molecule has 47 heavy (non-hydrogen) atoms. The van der Waals surface area contributed by atoms with Gasteiger partial charge in [-0.25, -0.2) is 9.97 Å². The first kappa shape index (κ1) is 29.9. The smallest absolute Gasteiger partial charge is 0.254 e. The summed E-state index contributed by atoms with van der Waals surface area (Å²) in [5.74, 6) is 1.17. The number of aliphatic hydroxyl groups is 1. The Bertz CT molecular complexity index is 1970. The van der Waals surface area contributed by atoms with Crippen LogP contribution in [0.1, 0.15) is 66.8 Å². The van der Waals surface area contributed by atoms with Crippen LogP contribution in [0.3, 0.4) is 0 Å². The van der Waals surface area contributed by atoms with E-state index in [1.54, 1.807) is 7.11 Å². The van der Waals surface area contributed by atoms with Gasteiger partial charge in [-0.1, -0.05) is 18.2 Å². The number of nitrogens with two attached hydrogens (primary N) is 1. The Morgan fingerprint density at radius 1 is 1.09 bits per heavy atom. The van der Waals surface area contributed by atoms with Crippen LogP contribution in [-0.2, 0) is 6.54 Å². The third-order valence-electron chi connectivity index (χ3n) is 10.3. The predicted molar refractivity (Wildman–Crippen MR) is 181 cm³/mol. The minimum Gasteiger partial charge on any atom is -0.482 e. The maximum Gasteiger partial charge on any atom is 0.254 e. The largest absolute Gasteiger partial charge is 0.482 e. The van der Waals surface area contributed by atoms with Crippen molar-refractivity contribution in [2.75, 3.05) is 12.4 Å². The molecule has 0 radical (unpaired) electrons. The third-order valence-corrected chi connectivity index (χ3v) is 10.3. The van der Waals surface area contributed by atoms with Crippen molar-refractivity contribution in [2.45, 2.75) is 83.0 Å². The minimum atomic E-state index is -0.941. The van der Waals surface area contributed by atoms with E-state index in [2.05, 4.69) is 27.3 Å². The third kappa shape index (κ3) is 5.32. The van der Waals surface area contributed by atoms with Crippen LogP contribution in [0.25, 0.3) is 28.1 Å². The van der Waals surface area contributed by atoms with E-state index in [1.807, 2.05) is 71.7 Å². The number of amides is 1. The van der Waals surface area contributed by atoms with Crippen molar-refractivity contribution in [3.8, 4) is 17.3 Å². The molecule has 11 heteroatoms. The molecule has 3 aliphatic rings. The molecule has 11 nitrogen and oxygen atoms in total. The number of ether oxygens (including phenoxy) is 1. The number of nitrogens with one attached hydrogen (secondary N) is 2. The number of nitrogens with zero attached hydrogens (tertiary/aromatic N) is 5. The van der Waals surface area contributed by atoms with Crippen molar-refractivity contribution in [2.24, 2.45) is 11.7 Å². The molecule has 1 amide bonds. The van der Waals surface area contributed by atoms with Crippen LogP contribution in [0.5, 0.6) is 5.88 Å². The number of benzene rings is 1. The van der Waals surface area contributed by atoms with Gasteiger partial charge in [0.25, 0.3) is 5.91 Å². The highest BCUT2D eigenvalue weighted by atomic mass is 16.5. The number of aliphatic hydroxyl groups excluding tert-OH is 1. The Hall–Kier alpha value is -4.45. The number of hydrogen-bond donors (Lipinski definition) is 4. The molecule has 5 atom stereocenters. The molecule has 1 aromatic carbocycles. The normalized spacial score (nSPS) is 21.9. The summed E-state index contributed by atoms with van der Waals surface area (Å²) in [6, 6.07) is 19.7. The van der Waals surface area contributed by atoms with Gasteiger partial charge >= 0.3 is 0 Å². The second-order valence-electron chi connectivity index (χ2n) is 13.5. The van der Waals surface area contributed by atoms with E-state index in [0.717, 1.165) is 65.3 Å². The average molecular weight is 635 g/mol. The maximum atomic E-state index is 13.8. The fraction of sp³-hybridized carbons (Fsp3) is 0.417. The van der Waals surface area contributed by atoms with Gasteiger partial charge in [0.1, 0.15) is 17.0 Å². The Morgan fingerprint density at radius 2 is 1.89 bits per heavy atom. The lowest BCUT2D eigenvalue weighted by Gasteiger charge is -2.23. The maximum absolute atomic E-state index is 13.8. The molecule has 1 aliphatic carbocycles. The lowest BCUT2D eigenvalue weighted by atomic mass is 9.97. The van der Waals surface area contributed by atoms with Crippen LogP contribution in [0.2, 0.25) is 0 Å². The average Bonchev–Trinajstić information content (AvgIpc) is 3.39. The second-order valence-corrected chi connectivity index (χ2v) is 13.5. The van der Waals surface area contributed by atoms with Gasteiger partial charge in [0.15, 0.2) is 12.2 Å². The molecule has 5 aromatic rings. The number of para-hydroxylation sites is 1. The summed E-state index contributed by atoms with van der Waals surface area (Å²) in [5.41, 5.74) is 12.9. The summed E-state index contributed by atoms with van der Waals surface area (Å²) in [6.45, 7) is 4.89.